The summed E-state index contributed by atoms with van der Waals surface area (Å²) < 4.78 is 18.1. The van der Waals surface area contributed by atoms with Gasteiger partial charge in [0.05, 0.1) is 44.1 Å². The zero-order valence-electron chi connectivity index (χ0n) is 21.7. The van der Waals surface area contributed by atoms with E-state index in [4.69, 9.17) is 19.2 Å². The van der Waals surface area contributed by atoms with Crippen LogP contribution in [0.15, 0.2) is 23.0 Å². The van der Waals surface area contributed by atoms with Crippen molar-refractivity contribution in [3.05, 3.63) is 45.2 Å². The monoisotopic (exact) mass is 508 g/mol. The fraction of sp³-hybridized carbons (Fsp3) is 0.444. The number of benzene rings is 1. The van der Waals surface area contributed by atoms with Gasteiger partial charge in [-0.05, 0) is 30.5 Å². The van der Waals surface area contributed by atoms with Crippen LogP contribution in [0.1, 0.15) is 36.5 Å². The first-order valence-corrected chi connectivity index (χ1v) is 16.0. The van der Waals surface area contributed by atoms with Gasteiger partial charge in [0.2, 0.25) is 5.75 Å². The maximum atomic E-state index is 13.6. The molecule has 0 saturated carbocycles. The molecule has 1 unspecified atom stereocenters. The molecule has 0 radical (unpaired) electrons. The molecule has 0 saturated heterocycles. The van der Waals surface area contributed by atoms with Crippen molar-refractivity contribution in [3.8, 4) is 28.6 Å². The van der Waals surface area contributed by atoms with E-state index >= 15 is 0 Å². The summed E-state index contributed by atoms with van der Waals surface area (Å²) in [5.74, 6) is 0.536. The van der Waals surface area contributed by atoms with E-state index in [1.54, 1.807) is 31.8 Å². The number of nitrogens with zero attached hydrogens (tertiary/aromatic N) is 2. The normalized spacial score (nSPS) is 18.5. The number of aliphatic hydroxyl groups is 1. The Morgan fingerprint density at radius 1 is 1.14 bits per heavy atom. The zero-order valence-corrected chi connectivity index (χ0v) is 22.7. The number of rotatable bonds is 6. The number of esters is 1. The smallest absolute Gasteiger partial charge is 0.314 e. The van der Waals surface area contributed by atoms with Gasteiger partial charge in [0.15, 0.2) is 11.5 Å². The van der Waals surface area contributed by atoms with E-state index < -0.39 is 25.2 Å². The largest absolute Gasteiger partial charge is 0.493 e. The molecule has 2 aromatic heterocycles. The van der Waals surface area contributed by atoms with Crippen molar-refractivity contribution in [2.24, 2.45) is 0 Å². The van der Waals surface area contributed by atoms with Gasteiger partial charge in [-0.15, -0.1) is 0 Å². The number of methoxy groups -OCH3 is 2. The summed E-state index contributed by atoms with van der Waals surface area (Å²) in [5.41, 5.74) is 2.71. The highest BCUT2D eigenvalue weighted by Gasteiger charge is 2.42. The lowest BCUT2D eigenvalue weighted by atomic mass is 9.85. The van der Waals surface area contributed by atoms with Crippen LogP contribution >= 0.6 is 0 Å². The number of hydrogen-bond donors (Lipinski definition) is 1. The van der Waals surface area contributed by atoms with E-state index in [1.807, 2.05) is 12.1 Å². The summed E-state index contributed by atoms with van der Waals surface area (Å²) >= 11 is 0. The molecule has 2 aliphatic rings. The Morgan fingerprint density at radius 3 is 2.47 bits per heavy atom. The third-order valence-electron chi connectivity index (χ3n) is 7.39. The van der Waals surface area contributed by atoms with Gasteiger partial charge in [-0.1, -0.05) is 32.6 Å². The second kappa shape index (κ2) is 8.45. The minimum absolute atomic E-state index is 0.0799. The Labute approximate surface area is 210 Å². The molecule has 1 aromatic carbocycles. The van der Waals surface area contributed by atoms with Crippen LogP contribution in [0, 0.1) is 0 Å². The Bertz CT molecular complexity index is 1470. The summed E-state index contributed by atoms with van der Waals surface area (Å²) in [4.78, 5) is 30.8. The number of pyridine rings is 2. The number of ether oxygens (including phenoxy) is 3. The van der Waals surface area contributed by atoms with E-state index in [9.17, 15) is 14.7 Å². The Balaban J connectivity index is 1.79. The molecule has 4 heterocycles. The van der Waals surface area contributed by atoms with E-state index in [-0.39, 0.29) is 18.6 Å². The number of carbonyl (C=O) groups excluding carboxylic acids is 1. The third kappa shape index (κ3) is 3.81. The molecule has 2 aliphatic heterocycles. The summed E-state index contributed by atoms with van der Waals surface area (Å²) in [7, 11) is 1.83. The molecular weight excluding hydrogens is 476 g/mol. The number of aryl methyl sites for hydroxylation is 1. The maximum absolute atomic E-state index is 13.6. The van der Waals surface area contributed by atoms with Gasteiger partial charge in [0.25, 0.3) is 5.56 Å². The molecule has 9 heteroatoms. The van der Waals surface area contributed by atoms with Gasteiger partial charge in [0, 0.05) is 30.7 Å². The Kier molecular flexibility index (Phi) is 5.76. The highest BCUT2D eigenvalue weighted by molar-refractivity contribution is 6.76. The van der Waals surface area contributed by atoms with Crippen LogP contribution < -0.4 is 19.8 Å². The van der Waals surface area contributed by atoms with Crippen LogP contribution in [0.25, 0.3) is 22.3 Å². The van der Waals surface area contributed by atoms with Crippen molar-refractivity contribution in [1.82, 2.24) is 9.55 Å². The predicted molar refractivity (Wildman–Crippen MR) is 140 cm³/mol. The van der Waals surface area contributed by atoms with Crippen molar-refractivity contribution in [2.45, 2.75) is 64.0 Å². The molecule has 8 nitrogen and oxygen atoms in total. The van der Waals surface area contributed by atoms with Crippen LogP contribution in [0.4, 0.5) is 0 Å². The van der Waals surface area contributed by atoms with Crippen molar-refractivity contribution in [1.29, 1.82) is 0 Å². The van der Waals surface area contributed by atoms with Gasteiger partial charge in [-0.2, -0.15) is 0 Å². The third-order valence-corrected chi connectivity index (χ3v) is 9.14. The number of aromatic nitrogens is 2. The number of carbonyl (C=O) groups is 1. The molecule has 1 atom stereocenters. The lowest BCUT2D eigenvalue weighted by Gasteiger charge is -2.32. The second-order valence-corrected chi connectivity index (χ2v) is 16.5. The molecule has 0 amide bonds. The van der Waals surface area contributed by atoms with Gasteiger partial charge >= 0.3 is 5.97 Å². The average Bonchev–Trinajstić information content (AvgIpc) is 3.19. The lowest BCUT2D eigenvalue weighted by molar-refractivity contribution is -0.143. The maximum Gasteiger partial charge on any atom is 0.314 e. The highest BCUT2D eigenvalue weighted by atomic mass is 28.3. The molecule has 0 spiro atoms. The van der Waals surface area contributed by atoms with E-state index in [0.29, 0.717) is 29.3 Å². The second-order valence-electron chi connectivity index (χ2n) is 10.9. The fourth-order valence-corrected chi connectivity index (χ4v) is 6.25. The molecule has 0 bridgehead atoms. The van der Waals surface area contributed by atoms with E-state index in [2.05, 4.69) is 19.6 Å². The van der Waals surface area contributed by atoms with Crippen molar-refractivity contribution in [2.75, 3.05) is 14.2 Å². The predicted octanol–water partition coefficient (Wildman–Crippen LogP) is 4.23. The Morgan fingerprint density at radius 2 is 1.83 bits per heavy atom. The Hall–Kier alpha value is -3.17. The van der Waals surface area contributed by atoms with Gasteiger partial charge < -0.3 is 19.3 Å². The topological polar surface area (TPSA) is 99.9 Å². The first-order chi connectivity index (χ1) is 17.0. The van der Waals surface area contributed by atoms with Crippen molar-refractivity contribution >= 4 is 24.9 Å². The highest BCUT2D eigenvalue weighted by Crippen LogP contribution is 2.44. The summed E-state index contributed by atoms with van der Waals surface area (Å²) in [6.45, 7) is 9.15. The van der Waals surface area contributed by atoms with Crippen LogP contribution in [0.2, 0.25) is 25.7 Å². The summed E-state index contributed by atoms with van der Waals surface area (Å²) in [5, 5.41) is 12.2. The van der Waals surface area contributed by atoms with Crippen molar-refractivity contribution < 1.29 is 24.1 Å². The van der Waals surface area contributed by atoms with Gasteiger partial charge in [0.1, 0.15) is 5.60 Å². The van der Waals surface area contributed by atoms with E-state index in [0.717, 1.165) is 40.2 Å². The summed E-state index contributed by atoms with van der Waals surface area (Å²) in [6.07, 6.45) is 0.952. The number of fused-ring (bicyclic) bond motifs is 5. The summed E-state index contributed by atoms with van der Waals surface area (Å²) in [6, 6.07) is 6.69. The lowest BCUT2D eigenvalue weighted by Crippen LogP contribution is -2.39. The average molecular weight is 509 g/mol. The molecule has 1 N–H and O–H groups in total. The van der Waals surface area contributed by atoms with Gasteiger partial charge in [-0.3, -0.25) is 14.2 Å². The van der Waals surface area contributed by atoms with Crippen LogP contribution in [-0.2, 0) is 23.4 Å². The quantitative estimate of drug-likeness (QED) is 0.307. The first kappa shape index (κ1) is 24.5. The minimum Gasteiger partial charge on any atom is -0.493 e. The zero-order chi connectivity index (χ0) is 26.0. The van der Waals surface area contributed by atoms with Crippen LogP contribution in [0.3, 0.4) is 0 Å². The molecule has 0 fully saturated rings. The van der Waals surface area contributed by atoms with E-state index in [1.165, 1.54) is 0 Å². The molecule has 190 valence electrons. The van der Waals surface area contributed by atoms with Crippen LogP contribution in [-0.4, -0.2) is 42.9 Å². The fourth-order valence-electron chi connectivity index (χ4n) is 5.25. The standard InChI is InChI=1S/C27H32N2O6Si/c1-7-27(32)13-23(30)35-25-18(27)11-20-24-17(14-29(20)26(25)31)15(8-9-36(4,5)6)16-10-21(33-2)22(34-3)12-19(16)28-24/h10-12,32H,7-9,13-14H2,1-6H3. The molecule has 3 aromatic rings. The van der Waals surface area contributed by atoms with Crippen molar-refractivity contribution in [3.63, 3.8) is 0 Å². The number of hydrogen-bond acceptors (Lipinski definition) is 7. The molecule has 0 aliphatic carbocycles. The van der Waals surface area contributed by atoms with Gasteiger partial charge in [-0.25, -0.2) is 4.98 Å². The molecular formula is C27H32N2O6Si. The molecule has 36 heavy (non-hydrogen) atoms. The minimum atomic E-state index is -1.45. The first-order valence-electron chi connectivity index (χ1n) is 12.3. The SMILES string of the molecule is CCC1(O)CC(=O)Oc2c1cc1n(c2=O)Cc2c-1nc1cc(OC)c(OC)cc1c2CC[Si](C)(C)C. The molecule has 5 rings (SSSR count). The van der Waals surface area contributed by atoms with Crippen LogP contribution in [0.5, 0.6) is 17.2 Å².